The summed E-state index contributed by atoms with van der Waals surface area (Å²) in [4.78, 5) is 0. The molecule has 1 heterocycles. The van der Waals surface area contributed by atoms with Gasteiger partial charge in [-0.05, 0) is 42.3 Å². The van der Waals surface area contributed by atoms with Crippen LogP contribution in [0.3, 0.4) is 0 Å². The molecule has 0 saturated carbocycles. The minimum absolute atomic E-state index is 0.137. The highest BCUT2D eigenvalue weighted by Gasteiger charge is 2.17. The Morgan fingerprint density at radius 3 is 2.48 bits per heavy atom. The number of thiophene rings is 1. The number of fused-ring (bicyclic) bond motifs is 1. The minimum Gasteiger partial charge on any atom is -0.491 e. The first kappa shape index (κ1) is 14.1. The Labute approximate surface area is 129 Å². The third-order valence-corrected chi connectivity index (χ3v) is 4.44. The first-order valence-corrected chi connectivity index (χ1v) is 8.02. The summed E-state index contributed by atoms with van der Waals surface area (Å²) in [6.07, 6.45) is 0.137. The van der Waals surface area contributed by atoms with Gasteiger partial charge in [0, 0.05) is 10.3 Å². The molecule has 1 atom stereocenters. The van der Waals surface area contributed by atoms with Crippen molar-refractivity contribution in [1.29, 1.82) is 0 Å². The van der Waals surface area contributed by atoms with Crippen molar-refractivity contribution in [2.24, 2.45) is 5.73 Å². The predicted octanol–water partition coefficient (Wildman–Crippen LogP) is 4.74. The zero-order valence-electron chi connectivity index (χ0n) is 12.2. The summed E-state index contributed by atoms with van der Waals surface area (Å²) in [6, 6.07) is 16.2. The van der Waals surface area contributed by atoms with Crippen molar-refractivity contribution in [3.05, 3.63) is 65.0 Å². The lowest BCUT2D eigenvalue weighted by Gasteiger charge is -2.18. The van der Waals surface area contributed by atoms with E-state index >= 15 is 0 Å². The maximum atomic E-state index is 6.53. The van der Waals surface area contributed by atoms with Crippen molar-refractivity contribution in [2.45, 2.75) is 26.0 Å². The molecule has 0 radical (unpaired) electrons. The number of nitrogens with two attached hydrogens (primary N) is 1. The Balaban J connectivity index is 2.04. The van der Waals surface area contributed by atoms with E-state index in [9.17, 15) is 0 Å². The average Bonchev–Trinajstić information content (AvgIpc) is 2.90. The Hall–Kier alpha value is -1.84. The highest BCUT2D eigenvalue weighted by molar-refractivity contribution is 7.17. The number of ether oxygens (including phenoxy) is 1. The maximum absolute atomic E-state index is 6.53. The Bertz CT molecular complexity index is 748. The minimum atomic E-state index is -0.170. The molecular weight excluding hydrogens is 278 g/mol. The molecule has 0 fully saturated rings. The van der Waals surface area contributed by atoms with Crippen LogP contribution in [0.15, 0.2) is 53.9 Å². The second kappa shape index (κ2) is 5.88. The van der Waals surface area contributed by atoms with Crippen LogP contribution in [-0.2, 0) is 0 Å². The lowest BCUT2D eigenvalue weighted by Crippen LogP contribution is -2.15. The number of hydrogen-bond acceptors (Lipinski definition) is 3. The molecule has 3 aromatic rings. The van der Waals surface area contributed by atoms with Crippen LogP contribution in [0.4, 0.5) is 0 Å². The van der Waals surface area contributed by atoms with E-state index in [0.29, 0.717) is 0 Å². The third kappa shape index (κ3) is 2.80. The van der Waals surface area contributed by atoms with Gasteiger partial charge in [0.05, 0.1) is 12.1 Å². The summed E-state index contributed by atoms with van der Waals surface area (Å²) < 4.78 is 7.17. The van der Waals surface area contributed by atoms with Gasteiger partial charge in [-0.15, -0.1) is 11.3 Å². The normalized spacial score (nSPS) is 12.8. The molecule has 2 aromatic carbocycles. The summed E-state index contributed by atoms with van der Waals surface area (Å²) in [5.74, 6) is 0.871. The van der Waals surface area contributed by atoms with Crippen molar-refractivity contribution < 1.29 is 4.74 Å². The molecule has 0 aliphatic heterocycles. The van der Waals surface area contributed by atoms with E-state index in [2.05, 4.69) is 35.7 Å². The summed E-state index contributed by atoms with van der Waals surface area (Å²) in [7, 11) is 0. The van der Waals surface area contributed by atoms with Crippen LogP contribution in [0.2, 0.25) is 0 Å². The van der Waals surface area contributed by atoms with Gasteiger partial charge in [0.15, 0.2) is 0 Å². The fourth-order valence-electron chi connectivity index (χ4n) is 2.51. The number of hydrogen-bond donors (Lipinski definition) is 1. The fraction of sp³-hybridized carbons (Fsp3) is 0.222. The van der Waals surface area contributed by atoms with E-state index in [4.69, 9.17) is 10.5 Å². The van der Waals surface area contributed by atoms with Crippen LogP contribution in [0.5, 0.6) is 5.75 Å². The standard InChI is InChI=1S/C18H19NOS/c1-12(2)20-16-9-5-3-8-14(16)18(19)15-11-21-17-10-6-4-7-13(15)17/h3-12,18H,19H2,1-2H3. The van der Waals surface area contributed by atoms with Crippen LogP contribution in [0.1, 0.15) is 31.0 Å². The van der Waals surface area contributed by atoms with Gasteiger partial charge >= 0.3 is 0 Å². The molecule has 1 aromatic heterocycles. The number of benzene rings is 2. The monoisotopic (exact) mass is 297 g/mol. The van der Waals surface area contributed by atoms with Crippen LogP contribution >= 0.6 is 11.3 Å². The number of para-hydroxylation sites is 1. The summed E-state index contributed by atoms with van der Waals surface area (Å²) in [5.41, 5.74) is 8.73. The van der Waals surface area contributed by atoms with Gasteiger partial charge < -0.3 is 10.5 Å². The quantitative estimate of drug-likeness (QED) is 0.755. The highest BCUT2D eigenvalue weighted by Crippen LogP contribution is 2.35. The molecule has 0 aliphatic carbocycles. The zero-order chi connectivity index (χ0) is 14.8. The first-order chi connectivity index (χ1) is 10.2. The lowest BCUT2D eigenvalue weighted by atomic mass is 9.98. The van der Waals surface area contributed by atoms with Crippen LogP contribution < -0.4 is 10.5 Å². The van der Waals surface area contributed by atoms with Crippen molar-refractivity contribution >= 4 is 21.4 Å². The van der Waals surface area contributed by atoms with Crippen molar-refractivity contribution in [2.75, 3.05) is 0 Å². The molecule has 3 heteroatoms. The van der Waals surface area contributed by atoms with E-state index < -0.39 is 0 Å². The molecular formula is C18H19NOS. The Morgan fingerprint density at radius 1 is 0.952 bits per heavy atom. The summed E-state index contributed by atoms with van der Waals surface area (Å²) in [6.45, 7) is 4.06. The molecule has 1 unspecified atom stereocenters. The van der Waals surface area contributed by atoms with Gasteiger partial charge in [0.25, 0.3) is 0 Å². The molecule has 0 amide bonds. The lowest BCUT2D eigenvalue weighted by molar-refractivity contribution is 0.239. The van der Waals surface area contributed by atoms with Gasteiger partial charge in [-0.1, -0.05) is 36.4 Å². The second-order valence-electron chi connectivity index (χ2n) is 5.37. The molecule has 2 nitrogen and oxygen atoms in total. The SMILES string of the molecule is CC(C)Oc1ccccc1C(N)c1csc2ccccc12. The Morgan fingerprint density at radius 2 is 1.67 bits per heavy atom. The van der Waals surface area contributed by atoms with Gasteiger partial charge in [-0.2, -0.15) is 0 Å². The van der Waals surface area contributed by atoms with Gasteiger partial charge in [0.1, 0.15) is 5.75 Å². The second-order valence-corrected chi connectivity index (χ2v) is 6.28. The molecule has 0 aliphatic rings. The van der Waals surface area contributed by atoms with Crippen LogP contribution in [0.25, 0.3) is 10.1 Å². The third-order valence-electron chi connectivity index (χ3n) is 3.46. The van der Waals surface area contributed by atoms with Gasteiger partial charge in [-0.3, -0.25) is 0 Å². The smallest absolute Gasteiger partial charge is 0.124 e. The largest absolute Gasteiger partial charge is 0.491 e. The molecule has 0 spiro atoms. The maximum Gasteiger partial charge on any atom is 0.124 e. The van der Waals surface area contributed by atoms with Crippen molar-refractivity contribution in [1.82, 2.24) is 0 Å². The first-order valence-electron chi connectivity index (χ1n) is 7.14. The highest BCUT2D eigenvalue weighted by atomic mass is 32.1. The van der Waals surface area contributed by atoms with E-state index in [1.54, 1.807) is 11.3 Å². The zero-order valence-corrected chi connectivity index (χ0v) is 13.1. The molecule has 0 saturated heterocycles. The van der Waals surface area contributed by atoms with Gasteiger partial charge in [-0.25, -0.2) is 0 Å². The molecule has 3 rings (SSSR count). The van der Waals surface area contributed by atoms with E-state index in [-0.39, 0.29) is 12.1 Å². The van der Waals surface area contributed by atoms with Crippen molar-refractivity contribution in [3.8, 4) is 5.75 Å². The number of rotatable bonds is 4. The van der Waals surface area contributed by atoms with Crippen LogP contribution in [0, 0.1) is 0 Å². The molecule has 2 N–H and O–H groups in total. The topological polar surface area (TPSA) is 35.2 Å². The van der Waals surface area contributed by atoms with Crippen LogP contribution in [-0.4, -0.2) is 6.10 Å². The fourth-order valence-corrected chi connectivity index (χ4v) is 3.50. The Kier molecular flexibility index (Phi) is 3.95. The summed E-state index contributed by atoms with van der Waals surface area (Å²) >= 11 is 1.74. The van der Waals surface area contributed by atoms with Gasteiger partial charge in [0.2, 0.25) is 0 Å². The predicted molar refractivity (Wildman–Crippen MR) is 90.1 cm³/mol. The van der Waals surface area contributed by atoms with E-state index in [1.165, 1.54) is 10.1 Å². The summed E-state index contributed by atoms with van der Waals surface area (Å²) in [5, 5.41) is 3.39. The molecule has 0 bridgehead atoms. The van der Waals surface area contributed by atoms with E-state index in [1.807, 2.05) is 32.0 Å². The van der Waals surface area contributed by atoms with Crippen molar-refractivity contribution in [3.63, 3.8) is 0 Å². The average molecular weight is 297 g/mol. The van der Waals surface area contributed by atoms with E-state index in [0.717, 1.165) is 16.9 Å². The molecule has 108 valence electrons. The molecule has 21 heavy (non-hydrogen) atoms.